The van der Waals surface area contributed by atoms with Crippen LogP contribution in [0.25, 0.3) is 0 Å². The molecule has 2 bridgehead atoms. The Hall–Kier alpha value is -1.67. The zero-order valence-electron chi connectivity index (χ0n) is 21.4. The van der Waals surface area contributed by atoms with Crippen LogP contribution in [0.5, 0.6) is 0 Å². The summed E-state index contributed by atoms with van der Waals surface area (Å²) in [6.07, 6.45) is 9.09. The summed E-state index contributed by atoms with van der Waals surface area (Å²) >= 11 is 0. The quantitative estimate of drug-likeness (QED) is 0.313. The first-order chi connectivity index (χ1) is 16.4. The molecular formula is C26H45N3O5. The first-order valence-corrected chi connectivity index (χ1v) is 13.6. The highest BCUT2D eigenvalue weighted by atomic mass is 16.5. The number of nitrogens with zero attached hydrogens (tertiary/aromatic N) is 1. The molecule has 34 heavy (non-hydrogen) atoms. The van der Waals surface area contributed by atoms with E-state index in [1.807, 2.05) is 13.8 Å². The second-order valence-corrected chi connectivity index (χ2v) is 10.3. The van der Waals surface area contributed by atoms with Gasteiger partial charge in [-0.05, 0) is 44.9 Å². The third-order valence-corrected chi connectivity index (χ3v) is 8.15. The molecule has 0 aliphatic carbocycles. The average molecular weight is 480 g/mol. The van der Waals surface area contributed by atoms with Gasteiger partial charge in [-0.25, -0.2) is 0 Å². The smallest absolute Gasteiger partial charge is 0.245 e. The molecule has 0 aromatic carbocycles. The number of likely N-dealkylation sites (tertiary alicyclic amines) is 1. The molecule has 0 aromatic rings. The molecule has 0 saturated carbocycles. The summed E-state index contributed by atoms with van der Waals surface area (Å²) < 4.78 is 6.72. The Labute approximate surface area is 204 Å². The highest BCUT2D eigenvalue weighted by Gasteiger charge is 2.78. The maximum atomic E-state index is 13.9. The summed E-state index contributed by atoms with van der Waals surface area (Å²) in [6.45, 7) is 7.94. The van der Waals surface area contributed by atoms with Crippen molar-refractivity contribution in [2.24, 2.45) is 11.8 Å². The third kappa shape index (κ3) is 4.85. The minimum Gasteiger partial charge on any atom is -0.396 e. The molecule has 0 radical (unpaired) electrons. The van der Waals surface area contributed by atoms with Crippen LogP contribution >= 0.6 is 0 Å². The van der Waals surface area contributed by atoms with Gasteiger partial charge < -0.3 is 25.4 Å². The van der Waals surface area contributed by atoms with Gasteiger partial charge in [0.15, 0.2) is 0 Å². The second-order valence-electron chi connectivity index (χ2n) is 10.3. The highest BCUT2D eigenvalue weighted by Crippen LogP contribution is 2.64. The number of fused-ring (bicyclic) bond motifs is 1. The lowest BCUT2D eigenvalue weighted by Gasteiger charge is -2.34. The van der Waals surface area contributed by atoms with E-state index in [9.17, 15) is 14.4 Å². The topological polar surface area (TPSA) is 108 Å². The maximum absolute atomic E-state index is 13.9. The Bertz CT molecular complexity index is 731. The Morgan fingerprint density at radius 3 is 2.38 bits per heavy atom. The van der Waals surface area contributed by atoms with E-state index < -0.39 is 29.1 Å². The molecule has 3 rings (SSSR count). The lowest BCUT2D eigenvalue weighted by molar-refractivity contribution is -0.147. The van der Waals surface area contributed by atoms with Crippen LogP contribution in [0, 0.1) is 11.8 Å². The van der Waals surface area contributed by atoms with Crippen molar-refractivity contribution < 1.29 is 24.2 Å². The summed E-state index contributed by atoms with van der Waals surface area (Å²) in [5.74, 6) is -1.54. The zero-order valence-corrected chi connectivity index (χ0v) is 21.4. The van der Waals surface area contributed by atoms with E-state index in [2.05, 4.69) is 17.6 Å². The Balaban J connectivity index is 1.87. The molecule has 8 heteroatoms. The minimum absolute atomic E-state index is 0.109. The number of ether oxygens (including phenoxy) is 1. The van der Waals surface area contributed by atoms with Gasteiger partial charge in [-0.3, -0.25) is 14.4 Å². The molecule has 3 aliphatic heterocycles. The molecule has 5 atom stereocenters. The van der Waals surface area contributed by atoms with Crippen LogP contribution in [-0.2, 0) is 19.1 Å². The number of nitrogens with one attached hydrogen (secondary N) is 2. The molecule has 194 valence electrons. The molecule has 3 heterocycles. The predicted molar refractivity (Wildman–Crippen MR) is 130 cm³/mol. The van der Waals surface area contributed by atoms with Crippen LogP contribution in [-0.4, -0.2) is 71.2 Å². The summed E-state index contributed by atoms with van der Waals surface area (Å²) in [5, 5.41) is 15.1. The van der Waals surface area contributed by atoms with E-state index in [0.29, 0.717) is 38.9 Å². The molecule has 3 amide bonds. The minimum atomic E-state index is -0.929. The number of hydrogen-bond donors (Lipinski definition) is 3. The van der Waals surface area contributed by atoms with E-state index in [1.165, 1.54) is 0 Å². The van der Waals surface area contributed by atoms with Crippen molar-refractivity contribution in [1.29, 1.82) is 0 Å². The van der Waals surface area contributed by atoms with Gasteiger partial charge in [0.05, 0.1) is 17.4 Å². The van der Waals surface area contributed by atoms with Crippen molar-refractivity contribution in [3.8, 4) is 0 Å². The molecule has 3 aliphatic rings. The fraction of sp³-hybridized carbons (Fsp3) is 0.885. The van der Waals surface area contributed by atoms with Crippen molar-refractivity contribution in [1.82, 2.24) is 15.5 Å². The van der Waals surface area contributed by atoms with Gasteiger partial charge in [-0.15, -0.1) is 0 Å². The fourth-order valence-corrected chi connectivity index (χ4v) is 6.45. The number of carbonyl (C=O) groups excluding carboxylic acids is 3. The number of carbonyl (C=O) groups is 3. The van der Waals surface area contributed by atoms with Crippen molar-refractivity contribution in [3.05, 3.63) is 0 Å². The van der Waals surface area contributed by atoms with Crippen LogP contribution in [0.15, 0.2) is 0 Å². The number of aliphatic hydroxyl groups excluding tert-OH is 1. The molecule has 1 spiro atoms. The van der Waals surface area contributed by atoms with Gasteiger partial charge in [0.2, 0.25) is 17.7 Å². The lowest BCUT2D eigenvalue weighted by Crippen LogP contribution is -2.55. The van der Waals surface area contributed by atoms with E-state index in [-0.39, 0.29) is 24.3 Å². The third-order valence-electron chi connectivity index (χ3n) is 8.15. The van der Waals surface area contributed by atoms with Crippen molar-refractivity contribution in [2.75, 3.05) is 26.2 Å². The molecule has 0 aromatic heterocycles. The van der Waals surface area contributed by atoms with Crippen LogP contribution in [0.1, 0.15) is 91.4 Å². The van der Waals surface area contributed by atoms with Crippen molar-refractivity contribution >= 4 is 17.7 Å². The van der Waals surface area contributed by atoms with Gasteiger partial charge in [-0.2, -0.15) is 0 Å². The molecule has 3 fully saturated rings. The van der Waals surface area contributed by atoms with E-state index in [4.69, 9.17) is 9.84 Å². The molecule has 3 saturated heterocycles. The summed E-state index contributed by atoms with van der Waals surface area (Å²) in [6, 6.07) is -0.693. The summed E-state index contributed by atoms with van der Waals surface area (Å²) in [5.41, 5.74) is -1.60. The molecular weight excluding hydrogens is 434 g/mol. The second kappa shape index (κ2) is 11.8. The number of aliphatic hydroxyl groups is 1. The normalized spacial score (nSPS) is 31.7. The summed E-state index contributed by atoms with van der Waals surface area (Å²) in [7, 11) is 0. The summed E-state index contributed by atoms with van der Waals surface area (Å²) in [4.78, 5) is 42.5. The van der Waals surface area contributed by atoms with Crippen LogP contribution in [0.3, 0.4) is 0 Å². The first-order valence-electron chi connectivity index (χ1n) is 13.6. The van der Waals surface area contributed by atoms with Crippen molar-refractivity contribution in [2.45, 2.75) is 109 Å². The Kier molecular flexibility index (Phi) is 9.38. The van der Waals surface area contributed by atoms with Gasteiger partial charge >= 0.3 is 0 Å². The molecule has 8 nitrogen and oxygen atoms in total. The van der Waals surface area contributed by atoms with Gasteiger partial charge in [0.25, 0.3) is 0 Å². The zero-order chi connectivity index (χ0) is 24.8. The van der Waals surface area contributed by atoms with Gasteiger partial charge in [-0.1, -0.05) is 46.5 Å². The number of unbranched alkanes of at least 4 members (excludes halogenated alkanes) is 5. The Morgan fingerprint density at radius 2 is 1.71 bits per heavy atom. The predicted octanol–water partition coefficient (Wildman–Crippen LogP) is 2.53. The number of hydrogen-bond acceptors (Lipinski definition) is 5. The van der Waals surface area contributed by atoms with Crippen molar-refractivity contribution in [3.63, 3.8) is 0 Å². The standard InChI is InChI=1S/C26H45N3O5/c1-4-7-10-16-28-23(32)21-26-14-13-25(6-3,34-26)19(22(31)27-15-5-2)20(26)24(33)29(21)17-11-8-9-12-18-30/h19-21,30H,4-18H2,1-3H3,(H,27,31)(H,28,32)/t19-,20+,21?,25+,26?/m1/s1. The van der Waals surface area contributed by atoms with Crippen LogP contribution in [0.4, 0.5) is 0 Å². The largest absolute Gasteiger partial charge is 0.396 e. The Morgan fingerprint density at radius 1 is 0.971 bits per heavy atom. The van der Waals surface area contributed by atoms with E-state index in [1.54, 1.807) is 4.90 Å². The van der Waals surface area contributed by atoms with E-state index in [0.717, 1.165) is 51.4 Å². The number of rotatable bonds is 15. The first kappa shape index (κ1) is 26.9. The molecule has 2 unspecified atom stereocenters. The van der Waals surface area contributed by atoms with Gasteiger partial charge in [0, 0.05) is 26.2 Å². The average Bonchev–Trinajstić information content (AvgIpc) is 3.44. The van der Waals surface area contributed by atoms with Crippen LogP contribution in [0.2, 0.25) is 0 Å². The number of amides is 3. The highest BCUT2D eigenvalue weighted by molar-refractivity contribution is 5.99. The molecule has 3 N–H and O–H groups in total. The monoisotopic (exact) mass is 479 g/mol. The maximum Gasteiger partial charge on any atom is 0.245 e. The SMILES string of the molecule is CCCCCNC(=O)C1N(CCCCCCO)C(=O)[C@@H]2[C@H](C(=O)NCCC)[C@]3(CC)CCC12O3. The van der Waals surface area contributed by atoms with Crippen LogP contribution < -0.4 is 10.6 Å². The lowest BCUT2D eigenvalue weighted by atomic mass is 9.65. The fourth-order valence-electron chi connectivity index (χ4n) is 6.45. The van der Waals surface area contributed by atoms with Gasteiger partial charge in [0.1, 0.15) is 11.6 Å². The van der Waals surface area contributed by atoms with E-state index >= 15 is 0 Å².